The van der Waals surface area contributed by atoms with Crippen LogP contribution in [0.25, 0.3) is 0 Å². The highest BCUT2D eigenvalue weighted by Crippen LogP contribution is 2.07. The quantitative estimate of drug-likeness (QED) is 0.802. The topological polar surface area (TPSA) is 87.7 Å². The lowest BCUT2D eigenvalue weighted by atomic mass is 10.2. The number of hydrogen-bond donors (Lipinski definition) is 2. The van der Waals surface area contributed by atoms with Gasteiger partial charge in [-0.2, -0.15) is 0 Å². The Morgan fingerprint density at radius 2 is 2.11 bits per heavy atom. The molecule has 102 valence electrons. The third kappa shape index (κ3) is 4.56. The van der Waals surface area contributed by atoms with Gasteiger partial charge in [0.25, 0.3) is 5.91 Å². The highest BCUT2D eigenvalue weighted by molar-refractivity contribution is 7.84. The van der Waals surface area contributed by atoms with Gasteiger partial charge in [0.2, 0.25) is 5.82 Å². The van der Waals surface area contributed by atoms with Gasteiger partial charge in [-0.1, -0.05) is 13.8 Å². The molecule has 1 aromatic heterocycles. The Kier molecular flexibility index (Phi) is 5.46. The van der Waals surface area contributed by atoms with E-state index in [2.05, 4.69) is 20.5 Å². The number of aromatic nitrogens is 3. The molecule has 0 aliphatic rings. The Bertz CT molecular complexity index is 430. The molecule has 1 heterocycles. The van der Waals surface area contributed by atoms with E-state index in [1.165, 1.54) is 0 Å². The van der Waals surface area contributed by atoms with Gasteiger partial charge in [0.15, 0.2) is 0 Å². The van der Waals surface area contributed by atoms with E-state index in [9.17, 15) is 9.00 Å². The van der Waals surface area contributed by atoms with Gasteiger partial charge in [-0.3, -0.25) is 14.1 Å². The van der Waals surface area contributed by atoms with Crippen LogP contribution in [0.2, 0.25) is 0 Å². The summed E-state index contributed by atoms with van der Waals surface area (Å²) in [5.41, 5.74) is 0. The molecule has 0 fully saturated rings. The lowest BCUT2D eigenvalue weighted by molar-refractivity contribution is 0.0929. The van der Waals surface area contributed by atoms with Gasteiger partial charge in [0.1, 0.15) is 5.82 Å². The van der Waals surface area contributed by atoms with E-state index in [0.29, 0.717) is 18.0 Å². The summed E-state index contributed by atoms with van der Waals surface area (Å²) in [4.78, 5) is 15.9. The molecule has 0 saturated heterocycles. The fourth-order valence-corrected chi connectivity index (χ4v) is 2.02. The van der Waals surface area contributed by atoms with Crippen LogP contribution in [0, 0.1) is 0 Å². The second-order valence-corrected chi connectivity index (χ2v) is 6.19. The van der Waals surface area contributed by atoms with E-state index in [4.69, 9.17) is 0 Å². The summed E-state index contributed by atoms with van der Waals surface area (Å²) in [5, 5.41) is 9.40. The number of aromatic amines is 1. The fraction of sp³-hybridized carbons (Fsp3) is 0.727. The average molecular weight is 272 g/mol. The maximum atomic E-state index is 11.8. The smallest absolute Gasteiger partial charge is 0.291 e. The van der Waals surface area contributed by atoms with Crippen molar-refractivity contribution in [2.24, 2.45) is 0 Å². The number of rotatable bonds is 6. The Morgan fingerprint density at radius 1 is 1.44 bits per heavy atom. The molecule has 2 atom stereocenters. The van der Waals surface area contributed by atoms with Gasteiger partial charge in [0, 0.05) is 34.8 Å². The predicted octanol–water partition coefficient (Wildman–Crippen LogP) is 0.815. The molecular formula is C11H20N4O2S. The van der Waals surface area contributed by atoms with Gasteiger partial charge in [-0.05, 0) is 13.3 Å². The molecule has 1 rings (SSSR count). The van der Waals surface area contributed by atoms with Crippen molar-refractivity contribution < 1.29 is 9.00 Å². The SMILES string of the molecule is CC(CCS(C)=O)NC(=O)c1n[nH]c(C(C)C)n1. The second-order valence-electron chi connectivity index (χ2n) is 4.64. The summed E-state index contributed by atoms with van der Waals surface area (Å²) in [6.45, 7) is 5.82. The van der Waals surface area contributed by atoms with Crippen molar-refractivity contribution in [2.75, 3.05) is 12.0 Å². The van der Waals surface area contributed by atoms with E-state index in [1.807, 2.05) is 20.8 Å². The zero-order chi connectivity index (χ0) is 13.7. The van der Waals surface area contributed by atoms with Crippen LogP contribution in [0.15, 0.2) is 0 Å². The summed E-state index contributed by atoms with van der Waals surface area (Å²) in [6.07, 6.45) is 2.33. The molecule has 18 heavy (non-hydrogen) atoms. The largest absolute Gasteiger partial charge is 0.347 e. The van der Waals surface area contributed by atoms with E-state index in [0.717, 1.165) is 0 Å². The number of H-pyrrole nitrogens is 1. The first kappa shape index (κ1) is 14.8. The van der Waals surface area contributed by atoms with Crippen molar-refractivity contribution in [2.45, 2.75) is 39.2 Å². The van der Waals surface area contributed by atoms with Crippen molar-refractivity contribution in [3.63, 3.8) is 0 Å². The van der Waals surface area contributed by atoms with E-state index >= 15 is 0 Å². The standard InChI is InChI=1S/C11H20N4O2S/c1-7(2)9-13-10(15-14-9)11(16)12-8(3)5-6-18(4)17/h7-8H,5-6H2,1-4H3,(H,12,16)(H,13,14,15). The second kappa shape index (κ2) is 6.63. The number of hydrogen-bond acceptors (Lipinski definition) is 4. The minimum Gasteiger partial charge on any atom is -0.347 e. The maximum absolute atomic E-state index is 11.8. The molecular weight excluding hydrogens is 252 g/mol. The van der Waals surface area contributed by atoms with Gasteiger partial charge in [0.05, 0.1) is 0 Å². The van der Waals surface area contributed by atoms with E-state index in [-0.39, 0.29) is 23.7 Å². The maximum Gasteiger partial charge on any atom is 0.291 e. The number of nitrogens with zero attached hydrogens (tertiary/aromatic N) is 2. The lowest BCUT2D eigenvalue weighted by Crippen LogP contribution is -2.34. The molecule has 6 nitrogen and oxygen atoms in total. The number of nitrogens with one attached hydrogen (secondary N) is 2. The van der Waals surface area contributed by atoms with Crippen molar-refractivity contribution in [3.05, 3.63) is 11.6 Å². The first-order chi connectivity index (χ1) is 8.40. The number of amides is 1. The molecule has 0 aromatic carbocycles. The molecule has 0 bridgehead atoms. The Balaban J connectivity index is 2.51. The van der Waals surface area contributed by atoms with Crippen molar-refractivity contribution in [1.29, 1.82) is 0 Å². The molecule has 2 N–H and O–H groups in total. The molecule has 0 aliphatic carbocycles. The summed E-state index contributed by atoms with van der Waals surface area (Å²) in [6, 6.07) is -0.0394. The molecule has 2 unspecified atom stereocenters. The monoisotopic (exact) mass is 272 g/mol. The molecule has 1 amide bonds. The third-order valence-electron chi connectivity index (χ3n) is 2.47. The fourth-order valence-electron chi connectivity index (χ4n) is 1.34. The summed E-state index contributed by atoms with van der Waals surface area (Å²) >= 11 is 0. The molecule has 0 spiro atoms. The van der Waals surface area contributed by atoms with Crippen molar-refractivity contribution in [1.82, 2.24) is 20.5 Å². The van der Waals surface area contributed by atoms with Crippen LogP contribution in [0.5, 0.6) is 0 Å². The molecule has 0 saturated carbocycles. The summed E-state index contributed by atoms with van der Waals surface area (Å²) in [5.74, 6) is 1.34. The van der Waals surface area contributed by atoms with Crippen LogP contribution >= 0.6 is 0 Å². The van der Waals surface area contributed by atoms with Crippen molar-refractivity contribution >= 4 is 16.7 Å². The van der Waals surface area contributed by atoms with Crippen LogP contribution in [0.3, 0.4) is 0 Å². The molecule has 7 heteroatoms. The summed E-state index contributed by atoms with van der Waals surface area (Å²) < 4.78 is 11.0. The van der Waals surface area contributed by atoms with Crippen LogP contribution in [-0.2, 0) is 10.8 Å². The predicted molar refractivity (Wildman–Crippen MR) is 71.0 cm³/mol. The highest BCUT2D eigenvalue weighted by atomic mass is 32.2. The number of carbonyl (C=O) groups excluding carboxylic acids is 1. The van der Waals surface area contributed by atoms with Gasteiger partial charge in [-0.15, -0.1) is 5.10 Å². The Labute approximate surface area is 109 Å². The molecule has 1 aromatic rings. The first-order valence-electron chi connectivity index (χ1n) is 5.93. The van der Waals surface area contributed by atoms with Crippen LogP contribution in [-0.4, -0.2) is 43.3 Å². The average Bonchev–Trinajstić information content (AvgIpc) is 2.75. The van der Waals surface area contributed by atoms with Gasteiger partial charge >= 0.3 is 0 Å². The van der Waals surface area contributed by atoms with Gasteiger partial charge in [-0.25, -0.2) is 4.98 Å². The lowest BCUT2D eigenvalue weighted by Gasteiger charge is -2.11. The van der Waals surface area contributed by atoms with Crippen LogP contribution in [0.4, 0.5) is 0 Å². The van der Waals surface area contributed by atoms with Crippen molar-refractivity contribution in [3.8, 4) is 0 Å². The first-order valence-corrected chi connectivity index (χ1v) is 7.66. The number of carbonyl (C=O) groups is 1. The highest BCUT2D eigenvalue weighted by Gasteiger charge is 2.16. The Hall–Kier alpha value is -1.24. The molecule has 0 aliphatic heterocycles. The minimum absolute atomic E-state index is 0.0394. The van der Waals surface area contributed by atoms with Gasteiger partial charge < -0.3 is 5.32 Å². The zero-order valence-electron chi connectivity index (χ0n) is 11.2. The van der Waals surface area contributed by atoms with Crippen LogP contribution < -0.4 is 5.32 Å². The Morgan fingerprint density at radius 3 is 2.61 bits per heavy atom. The normalized spacial score (nSPS) is 14.5. The van der Waals surface area contributed by atoms with E-state index in [1.54, 1.807) is 6.26 Å². The van der Waals surface area contributed by atoms with Crippen LogP contribution in [0.1, 0.15) is 49.6 Å². The molecule has 0 radical (unpaired) electrons. The van der Waals surface area contributed by atoms with E-state index < -0.39 is 10.8 Å². The zero-order valence-corrected chi connectivity index (χ0v) is 12.0. The third-order valence-corrected chi connectivity index (χ3v) is 3.28. The minimum atomic E-state index is -0.836. The summed E-state index contributed by atoms with van der Waals surface area (Å²) in [7, 11) is -0.836.